The molecule has 1 aromatic carbocycles. The SMILES string of the molecule is Cc1ccc([C@@H](N)C(=O)O)c(O)c1C. The monoisotopic (exact) mass is 195 g/mol. The third-order valence-electron chi connectivity index (χ3n) is 2.33. The molecule has 0 unspecified atom stereocenters. The lowest BCUT2D eigenvalue weighted by molar-refractivity contribution is -0.138. The number of hydrogen-bond acceptors (Lipinski definition) is 3. The van der Waals surface area contributed by atoms with Gasteiger partial charge in [-0.2, -0.15) is 0 Å². The molecule has 4 N–H and O–H groups in total. The zero-order valence-corrected chi connectivity index (χ0v) is 8.11. The van der Waals surface area contributed by atoms with Crippen LogP contribution in [0.1, 0.15) is 22.7 Å². The van der Waals surface area contributed by atoms with Gasteiger partial charge in [0.05, 0.1) is 0 Å². The second-order valence-corrected chi connectivity index (χ2v) is 3.26. The highest BCUT2D eigenvalue weighted by atomic mass is 16.4. The number of nitrogens with two attached hydrogens (primary N) is 1. The van der Waals surface area contributed by atoms with Crippen molar-refractivity contribution >= 4 is 5.97 Å². The van der Waals surface area contributed by atoms with Gasteiger partial charge in [-0.25, -0.2) is 0 Å². The van der Waals surface area contributed by atoms with E-state index in [9.17, 15) is 9.90 Å². The maximum Gasteiger partial charge on any atom is 0.325 e. The second-order valence-electron chi connectivity index (χ2n) is 3.26. The number of carboxylic acids is 1. The maximum absolute atomic E-state index is 10.6. The summed E-state index contributed by atoms with van der Waals surface area (Å²) in [7, 11) is 0. The predicted octanol–water partition coefficient (Wildman–Crippen LogP) is 1.09. The number of hydrogen-bond donors (Lipinski definition) is 3. The Balaban J connectivity index is 3.24. The van der Waals surface area contributed by atoms with Crippen LogP contribution < -0.4 is 5.73 Å². The van der Waals surface area contributed by atoms with Crippen molar-refractivity contribution < 1.29 is 15.0 Å². The van der Waals surface area contributed by atoms with Gasteiger partial charge in [0, 0.05) is 5.56 Å². The summed E-state index contributed by atoms with van der Waals surface area (Å²) in [5, 5.41) is 18.3. The van der Waals surface area contributed by atoms with E-state index in [0.717, 1.165) is 5.56 Å². The number of phenols is 1. The van der Waals surface area contributed by atoms with Gasteiger partial charge in [0.15, 0.2) is 0 Å². The molecule has 0 aliphatic rings. The first-order valence-corrected chi connectivity index (χ1v) is 4.22. The van der Waals surface area contributed by atoms with Crippen LogP contribution in [0.15, 0.2) is 12.1 Å². The lowest BCUT2D eigenvalue weighted by atomic mass is 10.00. The van der Waals surface area contributed by atoms with Crippen molar-refractivity contribution in [2.45, 2.75) is 19.9 Å². The Morgan fingerprint density at radius 2 is 2.00 bits per heavy atom. The summed E-state index contributed by atoms with van der Waals surface area (Å²) in [6.45, 7) is 3.56. The van der Waals surface area contributed by atoms with Gasteiger partial charge in [-0.15, -0.1) is 0 Å². The fraction of sp³-hybridized carbons (Fsp3) is 0.300. The summed E-state index contributed by atoms with van der Waals surface area (Å²) in [6.07, 6.45) is 0. The van der Waals surface area contributed by atoms with Crippen molar-refractivity contribution in [2.75, 3.05) is 0 Å². The quantitative estimate of drug-likeness (QED) is 0.659. The van der Waals surface area contributed by atoms with Crippen LogP contribution in [0.2, 0.25) is 0 Å². The van der Waals surface area contributed by atoms with E-state index < -0.39 is 12.0 Å². The first kappa shape index (κ1) is 10.5. The molecule has 76 valence electrons. The highest BCUT2D eigenvalue weighted by Crippen LogP contribution is 2.28. The van der Waals surface area contributed by atoms with E-state index >= 15 is 0 Å². The van der Waals surface area contributed by atoms with Crippen molar-refractivity contribution in [3.05, 3.63) is 28.8 Å². The maximum atomic E-state index is 10.6. The van der Waals surface area contributed by atoms with Crippen LogP contribution in [0.3, 0.4) is 0 Å². The third kappa shape index (κ3) is 1.70. The van der Waals surface area contributed by atoms with E-state index in [0.29, 0.717) is 5.56 Å². The molecule has 1 aromatic rings. The molecular formula is C10H13NO3. The summed E-state index contributed by atoms with van der Waals surface area (Å²) in [6, 6.07) is 2.11. The van der Waals surface area contributed by atoms with Crippen LogP contribution >= 0.6 is 0 Å². The van der Waals surface area contributed by atoms with E-state index in [4.69, 9.17) is 10.8 Å². The Kier molecular flexibility index (Phi) is 2.76. The molecular weight excluding hydrogens is 182 g/mol. The number of carboxylic acid groups (broad SMARTS) is 1. The van der Waals surface area contributed by atoms with Crippen molar-refractivity contribution in [1.29, 1.82) is 0 Å². The molecule has 0 amide bonds. The van der Waals surface area contributed by atoms with Gasteiger partial charge >= 0.3 is 5.97 Å². The number of aromatic hydroxyl groups is 1. The standard InChI is InChI=1S/C10H13NO3/c1-5-3-4-7(8(11)10(13)14)9(12)6(5)2/h3-4,8,12H,11H2,1-2H3,(H,13,14)/t8-/m1/s1. The summed E-state index contributed by atoms with van der Waals surface area (Å²) in [5.41, 5.74) is 7.22. The molecule has 0 saturated heterocycles. The molecule has 1 atom stereocenters. The average molecular weight is 195 g/mol. The molecule has 0 radical (unpaired) electrons. The number of benzene rings is 1. The van der Waals surface area contributed by atoms with Gasteiger partial charge in [-0.3, -0.25) is 4.79 Å². The summed E-state index contributed by atoms with van der Waals surface area (Å²) in [5.74, 6) is -1.18. The molecule has 0 spiro atoms. The minimum absolute atomic E-state index is 0.0279. The van der Waals surface area contributed by atoms with Crippen LogP contribution in [0, 0.1) is 13.8 Å². The van der Waals surface area contributed by atoms with Gasteiger partial charge in [-0.1, -0.05) is 12.1 Å². The molecule has 0 heterocycles. The summed E-state index contributed by atoms with van der Waals surface area (Å²) >= 11 is 0. The van der Waals surface area contributed by atoms with Crippen LogP contribution in [0.4, 0.5) is 0 Å². The highest BCUT2D eigenvalue weighted by molar-refractivity contribution is 5.76. The number of rotatable bonds is 2. The molecule has 0 fully saturated rings. The Morgan fingerprint density at radius 1 is 1.43 bits per heavy atom. The summed E-state index contributed by atoms with van der Waals surface area (Å²) < 4.78 is 0. The van der Waals surface area contributed by atoms with Crippen LogP contribution in [-0.4, -0.2) is 16.2 Å². The fourth-order valence-corrected chi connectivity index (χ4v) is 1.21. The van der Waals surface area contributed by atoms with Gasteiger partial charge in [0.1, 0.15) is 11.8 Å². The van der Waals surface area contributed by atoms with E-state index in [1.807, 2.05) is 6.92 Å². The van der Waals surface area contributed by atoms with Gasteiger partial charge in [0.25, 0.3) is 0 Å². The smallest absolute Gasteiger partial charge is 0.325 e. The molecule has 1 rings (SSSR count). The van der Waals surface area contributed by atoms with Crippen LogP contribution in [0.25, 0.3) is 0 Å². The van der Waals surface area contributed by atoms with Crippen molar-refractivity contribution in [2.24, 2.45) is 5.73 Å². The number of aliphatic carboxylic acids is 1. The number of aryl methyl sites for hydroxylation is 1. The molecule has 14 heavy (non-hydrogen) atoms. The lowest BCUT2D eigenvalue weighted by Gasteiger charge is -2.12. The first-order chi connectivity index (χ1) is 6.45. The summed E-state index contributed by atoms with van der Waals surface area (Å²) in [4.78, 5) is 10.6. The zero-order valence-electron chi connectivity index (χ0n) is 8.11. The predicted molar refractivity (Wildman–Crippen MR) is 52.1 cm³/mol. The van der Waals surface area contributed by atoms with Crippen molar-refractivity contribution in [3.63, 3.8) is 0 Å². The molecule has 0 saturated carbocycles. The van der Waals surface area contributed by atoms with E-state index in [-0.39, 0.29) is 11.3 Å². The molecule has 0 aromatic heterocycles. The fourth-order valence-electron chi connectivity index (χ4n) is 1.21. The van der Waals surface area contributed by atoms with Crippen molar-refractivity contribution in [3.8, 4) is 5.75 Å². The Morgan fingerprint density at radius 3 is 2.50 bits per heavy atom. The second kappa shape index (κ2) is 3.67. The zero-order chi connectivity index (χ0) is 10.9. The highest BCUT2D eigenvalue weighted by Gasteiger charge is 2.19. The van der Waals surface area contributed by atoms with Crippen molar-refractivity contribution in [1.82, 2.24) is 0 Å². The largest absolute Gasteiger partial charge is 0.507 e. The van der Waals surface area contributed by atoms with Gasteiger partial charge < -0.3 is 15.9 Å². The van der Waals surface area contributed by atoms with E-state index in [2.05, 4.69) is 0 Å². The molecule has 0 bridgehead atoms. The Bertz CT molecular complexity index is 374. The Labute approximate surface area is 82.0 Å². The first-order valence-electron chi connectivity index (χ1n) is 4.22. The van der Waals surface area contributed by atoms with Crippen LogP contribution in [-0.2, 0) is 4.79 Å². The normalized spacial score (nSPS) is 12.5. The minimum Gasteiger partial charge on any atom is -0.507 e. The molecule has 4 heteroatoms. The minimum atomic E-state index is -1.17. The average Bonchev–Trinajstić information content (AvgIpc) is 2.13. The molecule has 0 aliphatic heterocycles. The van der Waals surface area contributed by atoms with Gasteiger partial charge in [0.2, 0.25) is 0 Å². The van der Waals surface area contributed by atoms with E-state index in [1.165, 1.54) is 6.07 Å². The molecule has 4 nitrogen and oxygen atoms in total. The number of phenolic OH excluding ortho intramolecular Hbond substituents is 1. The topological polar surface area (TPSA) is 83.6 Å². The molecule has 0 aliphatic carbocycles. The van der Waals surface area contributed by atoms with E-state index in [1.54, 1.807) is 13.0 Å². The Hall–Kier alpha value is -1.55. The number of carbonyl (C=O) groups is 1. The third-order valence-corrected chi connectivity index (χ3v) is 2.33. The van der Waals surface area contributed by atoms with Crippen LogP contribution in [0.5, 0.6) is 5.75 Å². The lowest BCUT2D eigenvalue weighted by Crippen LogP contribution is -2.20. The van der Waals surface area contributed by atoms with Gasteiger partial charge in [-0.05, 0) is 25.0 Å².